The van der Waals surface area contributed by atoms with Gasteiger partial charge in [0.15, 0.2) is 0 Å². The second kappa shape index (κ2) is 6.24. The summed E-state index contributed by atoms with van der Waals surface area (Å²) in [5.41, 5.74) is 0. The number of piperazine rings is 1. The number of carbonyl (C=O) groups excluding carboxylic acids is 1. The zero-order chi connectivity index (χ0) is 14.1. The second-order valence-corrected chi connectivity index (χ2v) is 7.67. The predicted octanol–water partition coefficient (Wildman–Crippen LogP) is 1.12. The van der Waals surface area contributed by atoms with E-state index in [0.29, 0.717) is 11.9 Å². The summed E-state index contributed by atoms with van der Waals surface area (Å²) in [4.78, 5) is 19.6. The zero-order valence-corrected chi connectivity index (χ0v) is 13.6. The van der Waals surface area contributed by atoms with Crippen LogP contribution >= 0.6 is 11.8 Å². The lowest BCUT2D eigenvalue weighted by molar-refractivity contribution is -0.134. The summed E-state index contributed by atoms with van der Waals surface area (Å²) in [6, 6.07) is 1.32. The third-order valence-electron chi connectivity index (χ3n) is 5.05. The summed E-state index contributed by atoms with van der Waals surface area (Å²) in [5, 5.41) is 0. The first-order chi connectivity index (χ1) is 9.66. The van der Waals surface area contributed by atoms with Crippen molar-refractivity contribution in [1.29, 1.82) is 0 Å². The fourth-order valence-corrected chi connectivity index (χ4v) is 5.02. The minimum atomic E-state index is 0.164. The molecule has 0 aliphatic carbocycles. The highest BCUT2D eigenvalue weighted by molar-refractivity contribution is 7.99. The van der Waals surface area contributed by atoms with Crippen molar-refractivity contribution in [2.24, 2.45) is 0 Å². The molecule has 0 saturated carbocycles. The summed E-state index contributed by atoms with van der Waals surface area (Å²) in [7, 11) is 0. The number of amides is 1. The van der Waals surface area contributed by atoms with E-state index in [1.54, 1.807) is 0 Å². The Labute approximate surface area is 126 Å². The summed E-state index contributed by atoms with van der Waals surface area (Å²) in [6.45, 7) is 9.63. The average Bonchev–Trinajstić information content (AvgIpc) is 3.08. The quantitative estimate of drug-likeness (QED) is 0.780. The van der Waals surface area contributed by atoms with Crippen LogP contribution in [0.4, 0.5) is 0 Å². The SMILES string of the molecule is CC(C)N1CC[C@@H](N2CCN([C@@H]3CCSC3)CC2)C1=O. The Kier molecular flexibility index (Phi) is 4.58. The molecule has 3 aliphatic rings. The third-order valence-corrected chi connectivity index (χ3v) is 6.19. The highest BCUT2D eigenvalue weighted by Gasteiger charge is 2.38. The van der Waals surface area contributed by atoms with Crippen molar-refractivity contribution >= 4 is 17.7 Å². The van der Waals surface area contributed by atoms with E-state index in [0.717, 1.165) is 45.2 Å². The van der Waals surface area contributed by atoms with Gasteiger partial charge in [0.05, 0.1) is 6.04 Å². The number of rotatable bonds is 3. The van der Waals surface area contributed by atoms with Crippen LogP contribution in [0.2, 0.25) is 0 Å². The minimum Gasteiger partial charge on any atom is -0.339 e. The van der Waals surface area contributed by atoms with E-state index in [9.17, 15) is 4.79 Å². The molecule has 20 heavy (non-hydrogen) atoms. The molecule has 3 aliphatic heterocycles. The molecule has 0 aromatic heterocycles. The monoisotopic (exact) mass is 297 g/mol. The predicted molar refractivity (Wildman–Crippen MR) is 84.1 cm³/mol. The van der Waals surface area contributed by atoms with Gasteiger partial charge in [-0.15, -0.1) is 0 Å². The van der Waals surface area contributed by atoms with Gasteiger partial charge in [0.25, 0.3) is 0 Å². The van der Waals surface area contributed by atoms with E-state index in [1.807, 2.05) is 4.90 Å². The lowest BCUT2D eigenvalue weighted by Gasteiger charge is -2.39. The minimum absolute atomic E-state index is 0.164. The Morgan fingerprint density at radius 3 is 2.30 bits per heavy atom. The normalized spacial score (nSPS) is 33.5. The first-order valence-corrected chi connectivity index (χ1v) is 9.18. The van der Waals surface area contributed by atoms with Gasteiger partial charge in [-0.25, -0.2) is 0 Å². The Bertz CT molecular complexity index is 349. The van der Waals surface area contributed by atoms with E-state index in [-0.39, 0.29) is 6.04 Å². The topological polar surface area (TPSA) is 26.8 Å². The number of hydrogen-bond donors (Lipinski definition) is 0. The van der Waals surface area contributed by atoms with Crippen LogP contribution in [-0.4, -0.2) is 83.0 Å². The molecule has 3 heterocycles. The molecule has 0 bridgehead atoms. The Hall–Kier alpha value is -0.260. The Morgan fingerprint density at radius 2 is 1.75 bits per heavy atom. The van der Waals surface area contributed by atoms with E-state index >= 15 is 0 Å². The van der Waals surface area contributed by atoms with Crippen LogP contribution in [-0.2, 0) is 4.79 Å². The molecule has 114 valence electrons. The second-order valence-electron chi connectivity index (χ2n) is 6.52. The molecule has 0 N–H and O–H groups in total. The molecule has 3 saturated heterocycles. The molecular formula is C15H27N3OS. The van der Waals surface area contributed by atoms with Crippen LogP contribution in [0.15, 0.2) is 0 Å². The molecule has 4 nitrogen and oxygen atoms in total. The van der Waals surface area contributed by atoms with Crippen LogP contribution in [0.5, 0.6) is 0 Å². The lowest BCUT2D eigenvalue weighted by atomic mass is 10.1. The number of carbonyl (C=O) groups is 1. The van der Waals surface area contributed by atoms with Crippen LogP contribution in [0.25, 0.3) is 0 Å². The van der Waals surface area contributed by atoms with Gasteiger partial charge in [-0.3, -0.25) is 14.6 Å². The average molecular weight is 297 g/mol. The van der Waals surface area contributed by atoms with Gasteiger partial charge in [-0.05, 0) is 32.4 Å². The van der Waals surface area contributed by atoms with Crippen molar-refractivity contribution < 1.29 is 4.79 Å². The fourth-order valence-electron chi connectivity index (χ4n) is 3.76. The number of thioether (sulfide) groups is 1. The molecular weight excluding hydrogens is 270 g/mol. The Balaban J connectivity index is 1.52. The van der Waals surface area contributed by atoms with Gasteiger partial charge in [0, 0.05) is 50.6 Å². The van der Waals surface area contributed by atoms with Crippen molar-refractivity contribution in [3.05, 3.63) is 0 Å². The molecule has 0 spiro atoms. The van der Waals surface area contributed by atoms with Gasteiger partial charge in [0.2, 0.25) is 5.91 Å². The van der Waals surface area contributed by atoms with Gasteiger partial charge in [-0.1, -0.05) is 0 Å². The van der Waals surface area contributed by atoms with E-state index in [2.05, 4.69) is 35.4 Å². The van der Waals surface area contributed by atoms with E-state index in [4.69, 9.17) is 0 Å². The maximum absolute atomic E-state index is 12.5. The summed E-state index contributed by atoms with van der Waals surface area (Å²) < 4.78 is 0. The molecule has 5 heteroatoms. The maximum atomic E-state index is 12.5. The first kappa shape index (κ1) is 14.7. The number of hydrogen-bond acceptors (Lipinski definition) is 4. The third kappa shape index (κ3) is 2.85. The number of likely N-dealkylation sites (tertiary alicyclic amines) is 1. The van der Waals surface area contributed by atoms with Crippen LogP contribution in [0.3, 0.4) is 0 Å². The smallest absolute Gasteiger partial charge is 0.240 e. The summed E-state index contributed by atoms with van der Waals surface area (Å²) in [6.07, 6.45) is 2.38. The van der Waals surface area contributed by atoms with Crippen molar-refractivity contribution in [2.75, 3.05) is 44.2 Å². The first-order valence-electron chi connectivity index (χ1n) is 8.03. The van der Waals surface area contributed by atoms with Gasteiger partial charge >= 0.3 is 0 Å². The van der Waals surface area contributed by atoms with Crippen LogP contribution in [0, 0.1) is 0 Å². The van der Waals surface area contributed by atoms with E-state index < -0.39 is 0 Å². The molecule has 3 fully saturated rings. The highest BCUT2D eigenvalue weighted by atomic mass is 32.2. The summed E-state index contributed by atoms with van der Waals surface area (Å²) in [5.74, 6) is 3.00. The van der Waals surface area contributed by atoms with Crippen molar-refractivity contribution in [3.8, 4) is 0 Å². The molecule has 0 radical (unpaired) electrons. The van der Waals surface area contributed by atoms with Gasteiger partial charge < -0.3 is 4.90 Å². The van der Waals surface area contributed by atoms with E-state index in [1.165, 1.54) is 17.9 Å². The molecule has 3 rings (SSSR count). The fraction of sp³-hybridized carbons (Fsp3) is 0.933. The van der Waals surface area contributed by atoms with Crippen molar-refractivity contribution in [3.63, 3.8) is 0 Å². The molecule has 2 atom stereocenters. The summed E-state index contributed by atoms with van der Waals surface area (Å²) >= 11 is 2.09. The standard InChI is InChI=1S/C15H27N3OS/c1-12(2)18-5-3-14(15(18)19)17-8-6-16(7-9-17)13-4-10-20-11-13/h12-14H,3-11H2,1-2H3/t13-,14-/m1/s1. The highest BCUT2D eigenvalue weighted by Crippen LogP contribution is 2.25. The molecule has 1 amide bonds. The van der Waals surface area contributed by atoms with Gasteiger partial charge in [0.1, 0.15) is 0 Å². The molecule has 0 aromatic carbocycles. The maximum Gasteiger partial charge on any atom is 0.240 e. The van der Waals surface area contributed by atoms with Gasteiger partial charge in [-0.2, -0.15) is 11.8 Å². The van der Waals surface area contributed by atoms with Crippen molar-refractivity contribution in [1.82, 2.24) is 14.7 Å². The van der Waals surface area contributed by atoms with Crippen LogP contribution in [0.1, 0.15) is 26.7 Å². The number of nitrogens with zero attached hydrogens (tertiary/aromatic N) is 3. The molecule has 0 unspecified atom stereocenters. The Morgan fingerprint density at radius 1 is 1.05 bits per heavy atom. The largest absolute Gasteiger partial charge is 0.339 e. The van der Waals surface area contributed by atoms with Crippen molar-refractivity contribution in [2.45, 2.75) is 44.8 Å². The van der Waals surface area contributed by atoms with Crippen LogP contribution < -0.4 is 0 Å². The lowest BCUT2D eigenvalue weighted by Crippen LogP contribution is -2.55. The zero-order valence-electron chi connectivity index (χ0n) is 12.8. The molecule has 0 aromatic rings.